The number of aryl methyl sites for hydroxylation is 1. The average molecular weight is 990 g/mol. The maximum absolute atomic E-state index is 15.1. The predicted molar refractivity (Wildman–Crippen MR) is 269 cm³/mol. The highest BCUT2D eigenvalue weighted by atomic mass is 32.2. The zero-order valence-electron chi connectivity index (χ0n) is 43.6. The van der Waals surface area contributed by atoms with Gasteiger partial charge in [0.2, 0.25) is 6.79 Å². The van der Waals surface area contributed by atoms with E-state index in [1.54, 1.807) is 51.8 Å². The van der Waals surface area contributed by atoms with Crippen LogP contribution in [-0.4, -0.2) is 104 Å². The first-order chi connectivity index (χ1) is 33.6. The van der Waals surface area contributed by atoms with Gasteiger partial charge in [-0.25, -0.2) is 9.59 Å². The zero-order chi connectivity index (χ0) is 50.8. The number of piperazine rings is 1. The van der Waals surface area contributed by atoms with Crippen LogP contribution < -0.4 is 33.7 Å². The molecule has 1 spiro atoms. The highest BCUT2D eigenvalue weighted by molar-refractivity contribution is 7.99. The number of fused-ring (bicyclic) bond motifs is 9. The van der Waals surface area contributed by atoms with Crippen LogP contribution in [0, 0.1) is 13.8 Å². The van der Waals surface area contributed by atoms with Crippen molar-refractivity contribution in [2.45, 2.75) is 161 Å². The molecule has 2 saturated heterocycles. The molecule has 15 nitrogen and oxygen atoms in total. The Kier molecular flexibility index (Phi) is 16.5. The van der Waals surface area contributed by atoms with Crippen LogP contribution >= 0.6 is 11.8 Å². The molecule has 7 heterocycles. The van der Waals surface area contributed by atoms with E-state index in [1.165, 1.54) is 7.11 Å². The second kappa shape index (κ2) is 21.8. The van der Waals surface area contributed by atoms with E-state index in [4.69, 9.17) is 37.9 Å². The van der Waals surface area contributed by atoms with Gasteiger partial charge in [0.15, 0.2) is 40.0 Å². The van der Waals surface area contributed by atoms with Crippen LogP contribution in [0.4, 0.5) is 4.79 Å². The number of esters is 2. The highest BCUT2D eigenvalue weighted by Gasteiger charge is 2.59. The van der Waals surface area contributed by atoms with E-state index in [9.17, 15) is 14.7 Å². The van der Waals surface area contributed by atoms with Crippen molar-refractivity contribution in [1.29, 1.82) is 0 Å². The molecule has 0 aliphatic carbocycles. The van der Waals surface area contributed by atoms with Crippen molar-refractivity contribution in [3.63, 3.8) is 0 Å². The Balaban J connectivity index is 0.00000176. The van der Waals surface area contributed by atoms with E-state index in [0.29, 0.717) is 66.5 Å². The third-order valence-corrected chi connectivity index (χ3v) is 15.7. The van der Waals surface area contributed by atoms with Crippen LogP contribution in [0.25, 0.3) is 0 Å². The molecular weight excluding hydrogens is 915 g/mol. The van der Waals surface area contributed by atoms with Gasteiger partial charge in [-0.3, -0.25) is 19.9 Å². The highest BCUT2D eigenvalue weighted by Crippen LogP contribution is 2.64. The molecule has 6 atom stereocenters. The maximum atomic E-state index is 15.1. The minimum absolute atomic E-state index is 0.00908. The van der Waals surface area contributed by atoms with Gasteiger partial charge in [0.05, 0.1) is 31.6 Å². The van der Waals surface area contributed by atoms with Gasteiger partial charge in [-0.1, -0.05) is 66.4 Å². The Labute approximate surface area is 418 Å². The van der Waals surface area contributed by atoms with Gasteiger partial charge in [0.25, 0.3) is 0 Å². The lowest BCUT2D eigenvalue weighted by Crippen LogP contribution is -2.65. The summed E-state index contributed by atoms with van der Waals surface area (Å²) in [6.45, 7) is 20.3. The van der Waals surface area contributed by atoms with Crippen LogP contribution in [0.5, 0.6) is 40.2 Å². The summed E-state index contributed by atoms with van der Waals surface area (Å²) in [5.41, 5.74) is 4.25. The number of methoxy groups -OCH3 is 2. The minimum Gasteiger partial charge on any atom is -0.504 e. The van der Waals surface area contributed by atoms with Gasteiger partial charge in [0, 0.05) is 59.6 Å². The summed E-state index contributed by atoms with van der Waals surface area (Å²) in [7, 11) is 5.18. The number of ether oxygens (including phenoxy) is 8. The van der Waals surface area contributed by atoms with Crippen LogP contribution in [0.2, 0.25) is 0 Å². The second-order valence-electron chi connectivity index (χ2n) is 19.4. The molecule has 70 heavy (non-hydrogen) atoms. The van der Waals surface area contributed by atoms with Crippen LogP contribution in [0.15, 0.2) is 18.2 Å². The van der Waals surface area contributed by atoms with Gasteiger partial charge < -0.3 is 43.0 Å². The summed E-state index contributed by atoms with van der Waals surface area (Å²) in [6.07, 6.45) is 5.53. The molecule has 10 rings (SSSR count). The van der Waals surface area contributed by atoms with E-state index in [0.717, 1.165) is 59.1 Å². The fourth-order valence-corrected chi connectivity index (χ4v) is 12.9. The standard InChI is InChI=1S/C50H63N3O12S.2C2H6/c1-10-11-12-13-14-15-35(54)64-43-27(3)44-45(62-25-61-44)37-32-23-60-47(56)50(31-21-33(58-8)34(20-28(31)16-17-51-50)63-48(57)65-49(4,5)6)24-66-46(38(37)43)40-39-36-29(18-26(2)42(59-9)41(36)55)19-30(52(39)7)22-53(32)40;2*1-2/h18,20-21,30,32,39-40,46,51,55H,10-17,19,22-25H2,1-9H3;2*1-2H3/t30?,32?,39?,40?,46?,50-;;/m1../s1. The Morgan fingerprint density at radius 2 is 1.63 bits per heavy atom. The maximum Gasteiger partial charge on any atom is 0.514 e. The lowest BCUT2D eigenvalue weighted by molar-refractivity contribution is -0.156. The van der Waals surface area contributed by atoms with Crippen LogP contribution in [-0.2, 0) is 37.4 Å². The molecule has 0 aromatic heterocycles. The van der Waals surface area contributed by atoms with E-state index in [2.05, 4.69) is 35.2 Å². The van der Waals surface area contributed by atoms with Crippen molar-refractivity contribution in [2.24, 2.45) is 0 Å². The van der Waals surface area contributed by atoms with Gasteiger partial charge >= 0.3 is 18.1 Å². The predicted octanol–water partition coefficient (Wildman–Crippen LogP) is 10.1. The lowest BCUT2D eigenvalue weighted by atomic mass is 9.73. The molecule has 2 fully saturated rings. The monoisotopic (exact) mass is 990 g/mol. The quantitative estimate of drug-likeness (QED) is 0.0853. The number of nitrogens with one attached hydrogen (secondary N) is 1. The molecule has 7 aliphatic heterocycles. The van der Waals surface area contributed by atoms with Crippen molar-refractivity contribution in [3.05, 3.63) is 62.7 Å². The van der Waals surface area contributed by atoms with Crippen molar-refractivity contribution in [1.82, 2.24) is 15.1 Å². The molecule has 0 radical (unpaired) electrons. The number of rotatable bonds is 10. The number of likely N-dealkylation sites (N-methyl/N-ethyl adjacent to an activating group) is 1. The van der Waals surface area contributed by atoms with Crippen molar-refractivity contribution < 1.29 is 57.4 Å². The molecule has 2 N–H and O–H groups in total. The molecule has 5 unspecified atom stereocenters. The third-order valence-electron chi connectivity index (χ3n) is 14.2. The molecule has 4 bridgehead atoms. The van der Waals surface area contributed by atoms with Crippen molar-refractivity contribution >= 4 is 29.9 Å². The zero-order valence-corrected chi connectivity index (χ0v) is 44.4. The van der Waals surface area contributed by atoms with E-state index >= 15 is 4.79 Å². The van der Waals surface area contributed by atoms with Crippen LogP contribution in [0.3, 0.4) is 0 Å². The lowest BCUT2D eigenvalue weighted by Gasteiger charge is -2.60. The first-order valence-corrected chi connectivity index (χ1v) is 26.3. The number of hydrogen-bond acceptors (Lipinski definition) is 16. The Hall–Kier alpha value is -4.90. The van der Waals surface area contributed by atoms with E-state index in [1.807, 2.05) is 41.5 Å². The normalized spacial score (nSPS) is 24.0. The van der Waals surface area contributed by atoms with Crippen molar-refractivity contribution in [3.8, 4) is 40.2 Å². The largest absolute Gasteiger partial charge is 0.514 e. The first-order valence-electron chi connectivity index (χ1n) is 25.3. The molecule has 7 aliphatic rings. The smallest absolute Gasteiger partial charge is 0.504 e. The molecule has 0 saturated carbocycles. The molecular formula is C54H75N3O12S. The number of carbonyl (C=O) groups excluding carboxylic acids is 3. The Bertz CT molecular complexity index is 2440. The second-order valence-corrected chi connectivity index (χ2v) is 20.6. The minimum atomic E-state index is -1.38. The number of hydrogen-bond donors (Lipinski definition) is 2. The molecule has 384 valence electrons. The first kappa shape index (κ1) is 52.9. The summed E-state index contributed by atoms with van der Waals surface area (Å²) >= 11 is 1.58. The van der Waals surface area contributed by atoms with E-state index in [-0.39, 0.29) is 66.9 Å². The molecule has 3 aromatic rings. The number of nitrogens with zero attached hydrogens (tertiary/aromatic N) is 2. The summed E-state index contributed by atoms with van der Waals surface area (Å²) in [5.74, 6) is 1.89. The summed E-state index contributed by atoms with van der Waals surface area (Å²) in [4.78, 5) is 46.9. The van der Waals surface area contributed by atoms with Crippen LogP contribution in [0.1, 0.15) is 156 Å². The number of phenolic OH excluding ortho intramolecular Hbond substituents is 1. The topological polar surface area (TPSA) is 164 Å². The number of carbonyl (C=O) groups is 3. The Morgan fingerprint density at radius 3 is 2.33 bits per heavy atom. The fraction of sp³-hybridized carbons (Fsp3) is 0.611. The number of benzene rings is 3. The number of aromatic hydroxyl groups is 1. The van der Waals surface area contributed by atoms with Gasteiger partial charge in [0.1, 0.15) is 18.0 Å². The SMILES string of the molecule is CC.CC.CCCCCCCC(=O)Oc1c(C)c2c(c3c1C1SC[C@]4(NCCc5cc(OC(=O)OC(C)(C)C)c(OC)cc54)C(=O)OCC3N3CC4Cc5cc(C)c(OC)c(O)c5C(C13)N4C)OCO2. The van der Waals surface area contributed by atoms with Gasteiger partial charge in [-0.05, 0) is 95.3 Å². The summed E-state index contributed by atoms with van der Waals surface area (Å²) in [5, 5.41) is 15.4. The molecule has 3 aromatic carbocycles. The number of phenols is 1. The summed E-state index contributed by atoms with van der Waals surface area (Å²) in [6, 6.07) is 4.45. The Morgan fingerprint density at radius 1 is 0.900 bits per heavy atom. The average Bonchev–Trinajstić information content (AvgIpc) is 3.82. The molecule has 0 amide bonds. The molecule has 16 heteroatoms. The summed E-state index contributed by atoms with van der Waals surface area (Å²) < 4.78 is 48.6. The third kappa shape index (κ3) is 9.61. The number of unbranched alkanes of at least 4 members (excludes halogenated alkanes) is 4. The van der Waals surface area contributed by atoms with E-state index < -0.39 is 34.6 Å². The van der Waals surface area contributed by atoms with Gasteiger partial charge in [-0.15, -0.1) is 11.8 Å². The fourth-order valence-electron chi connectivity index (χ4n) is 11.2. The van der Waals surface area contributed by atoms with Gasteiger partial charge in [-0.2, -0.15) is 0 Å². The van der Waals surface area contributed by atoms with Crippen molar-refractivity contribution in [2.75, 3.05) is 53.5 Å². The number of thioether (sulfide) groups is 1.